The Morgan fingerprint density at radius 1 is 1.33 bits per heavy atom. The number of nitrogen functional groups attached to an aromatic ring is 1. The molecule has 3 aromatic rings. The van der Waals surface area contributed by atoms with E-state index < -0.39 is 6.10 Å². The van der Waals surface area contributed by atoms with Crippen LogP contribution in [0.2, 0.25) is 0 Å². The van der Waals surface area contributed by atoms with Gasteiger partial charge in [-0.1, -0.05) is 0 Å². The van der Waals surface area contributed by atoms with Crippen molar-refractivity contribution in [2.24, 2.45) is 0 Å². The lowest BCUT2D eigenvalue weighted by molar-refractivity contribution is 0.0916. The average molecular weight is 330 g/mol. The first-order valence-corrected chi connectivity index (χ1v) is 7.73. The molecule has 0 saturated heterocycles. The fraction of sp³-hybridized carbons (Fsp3) is 0.429. The zero-order valence-electron chi connectivity index (χ0n) is 12.9. The maximum Gasteiger partial charge on any atom is 0.224 e. The number of nitrogens with zero attached hydrogens (tertiary/aromatic N) is 6. The summed E-state index contributed by atoms with van der Waals surface area (Å²) in [6, 6.07) is 1.81. The van der Waals surface area contributed by atoms with E-state index in [9.17, 15) is 5.11 Å². The monoisotopic (exact) mass is 330 g/mol. The number of nitrogens with two attached hydrogens (primary N) is 1. The van der Waals surface area contributed by atoms with Crippen molar-refractivity contribution in [1.29, 1.82) is 0 Å². The summed E-state index contributed by atoms with van der Waals surface area (Å²) in [5.41, 5.74) is 8.50. The Kier molecular flexibility index (Phi) is 3.54. The van der Waals surface area contributed by atoms with Crippen molar-refractivity contribution in [3.63, 3.8) is 0 Å². The van der Waals surface area contributed by atoms with Gasteiger partial charge in [0.1, 0.15) is 11.6 Å². The number of rotatable bonds is 3. The van der Waals surface area contributed by atoms with E-state index in [4.69, 9.17) is 10.8 Å². The van der Waals surface area contributed by atoms with Gasteiger partial charge in [0.25, 0.3) is 0 Å². The predicted molar refractivity (Wildman–Crippen MR) is 86.0 cm³/mol. The zero-order chi connectivity index (χ0) is 16.7. The van der Waals surface area contributed by atoms with Crippen LogP contribution in [0.15, 0.2) is 12.4 Å². The molecule has 3 aromatic heterocycles. The number of aryl methyl sites for hydroxylation is 1. The molecule has 5 N–H and O–H groups in total. The molecule has 10 heteroatoms. The normalized spacial score (nSPS) is 16.2. The summed E-state index contributed by atoms with van der Waals surface area (Å²) in [6.07, 6.45) is 1.47. The molecular formula is C14H18N8O2. The molecule has 0 radical (unpaired) electrons. The third-order valence-electron chi connectivity index (χ3n) is 4.13. The molecule has 4 heterocycles. The summed E-state index contributed by atoms with van der Waals surface area (Å²) in [7, 11) is 0. The molecule has 1 aliphatic rings. The summed E-state index contributed by atoms with van der Waals surface area (Å²) < 4.78 is 1.86. The second-order valence-electron chi connectivity index (χ2n) is 5.76. The second kappa shape index (κ2) is 5.73. The minimum Gasteiger partial charge on any atom is -0.393 e. The van der Waals surface area contributed by atoms with E-state index >= 15 is 0 Å². The quantitative estimate of drug-likeness (QED) is 0.506. The van der Waals surface area contributed by atoms with Crippen LogP contribution in [-0.4, -0.2) is 53.1 Å². The van der Waals surface area contributed by atoms with Crippen LogP contribution in [0.5, 0.6) is 0 Å². The molecule has 0 amide bonds. The van der Waals surface area contributed by atoms with Gasteiger partial charge in [-0.25, -0.2) is 4.98 Å². The topological polar surface area (TPSA) is 142 Å². The summed E-state index contributed by atoms with van der Waals surface area (Å²) in [5, 5.41) is 23.3. The molecule has 0 saturated carbocycles. The van der Waals surface area contributed by atoms with Gasteiger partial charge in [-0.15, -0.1) is 0 Å². The maximum atomic E-state index is 9.79. The van der Waals surface area contributed by atoms with E-state index in [0.29, 0.717) is 23.7 Å². The Labute approximate surface area is 137 Å². The third kappa shape index (κ3) is 2.45. The summed E-state index contributed by atoms with van der Waals surface area (Å²) >= 11 is 0. The predicted octanol–water partition coefficient (Wildman–Crippen LogP) is -0.432. The summed E-state index contributed by atoms with van der Waals surface area (Å²) in [6.45, 7) is 1.73. The standard InChI is InChI=1S/C14H18N8O2/c15-14-18-12-11(16-7-17-12)13(19-14)21-2-1-3-22-8(5-21)4-9(20-22)10(24)6-23/h4,7,10,23-24H,1-3,5-6H2,(H3,15,16,17,18,19)/t10-/m0/s1. The van der Waals surface area contributed by atoms with Crippen LogP contribution in [0.3, 0.4) is 0 Å². The highest BCUT2D eigenvalue weighted by atomic mass is 16.3. The summed E-state index contributed by atoms with van der Waals surface area (Å²) in [4.78, 5) is 17.8. The van der Waals surface area contributed by atoms with Gasteiger partial charge in [-0.05, 0) is 12.5 Å². The van der Waals surface area contributed by atoms with Crippen molar-refractivity contribution >= 4 is 22.9 Å². The fourth-order valence-electron chi connectivity index (χ4n) is 2.98. The van der Waals surface area contributed by atoms with Crippen LogP contribution in [0.25, 0.3) is 11.2 Å². The van der Waals surface area contributed by atoms with Crippen molar-refractivity contribution in [2.45, 2.75) is 25.6 Å². The number of H-pyrrole nitrogens is 1. The second-order valence-corrected chi connectivity index (χ2v) is 5.76. The Balaban J connectivity index is 1.72. The molecule has 1 aliphatic heterocycles. The number of hydrogen-bond acceptors (Lipinski definition) is 8. The largest absolute Gasteiger partial charge is 0.393 e. The first kappa shape index (κ1) is 14.8. The first-order valence-electron chi connectivity index (χ1n) is 7.73. The van der Waals surface area contributed by atoms with E-state index in [1.165, 1.54) is 0 Å². The average Bonchev–Trinajstić information content (AvgIpc) is 3.15. The Morgan fingerprint density at radius 3 is 3.04 bits per heavy atom. The number of aliphatic hydroxyl groups excluding tert-OH is 2. The van der Waals surface area contributed by atoms with E-state index in [2.05, 4.69) is 29.9 Å². The van der Waals surface area contributed by atoms with Crippen LogP contribution in [-0.2, 0) is 13.1 Å². The van der Waals surface area contributed by atoms with Gasteiger partial charge in [0, 0.05) is 13.1 Å². The summed E-state index contributed by atoms with van der Waals surface area (Å²) in [5.74, 6) is 0.882. The minimum absolute atomic E-state index is 0.179. The van der Waals surface area contributed by atoms with Crippen LogP contribution < -0.4 is 10.6 Å². The smallest absolute Gasteiger partial charge is 0.224 e. The number of imidazole rings is 1. The van der Waals surface area contributed by atoms with Crippen LogP contribution in [0.1, 0.15) is 23.9 Å². The Hall–Kier alpha value is -2.72. The van der Waals surface area contributed by atoms with Crippen molar-refractivity contribution in [2.75, 3.05) is 23.8 Å². The molecule has 4 rings (SSSR count). The Morgan fingerprint density at radius 2 is 2.21 bits per heavy atom. The number of anilines is 2. The fourth-order valence-corrected chi connectivity index (χ4v) is 2.98. The molecule has 0 spiro atoms. The molecule has 126 valence electrons. The van der Waals surface area contributed by atoms with Gasteiger partial charge >= 0.3 is 0 Å². The molecule has 0 aromatic carbocycles. The minimum atomic E-state index is -0.966. The van der Waals surface area contributed by atoms with E-state index in [1.807, 2.05) is 10.7 Å². The molecule has 1 atom stereocenters. The zero-order valence-corrected chi connectivity index (χ0v) is 12.9. The number of fused-ring (bicyclic) bond motifs is 2. The van der Waals surface area contributed by atoms with Gasteiger partial charge in [0.05, 0.1) is 30.9 Å². The number of nitrogens with one attached hydrogen (secondary N) is 1. The maximum absolute atomic E-state index is 9.79. The van der Waals surface area contributed by atoms with Crippen molar-refractivity contribution < 1.29 is 10.2 Å². The van der Waals surface area contributed by atoms with Crippen LogP contribution in [0, 0.1) is 0 Å². The molecule has 0 fully saturated rings. The number of aliphatic hydroxyl groups is 2. The lowest BCUT2D eigenvalue weighted by Crippen LogP contribution is -2.24. The number of aromatic amines is 1. The number of hydrogen-bond donors (Lipinski definition) is 4. The number of aromatic nitrogens is 6. The lowest BCUT2D eigenvalue weighted by Gasteiger charge is -2.21. The van der Waals surface area contributed by atoms with Crippen molar-refractivity contribution in [3.8, 4) is 0 Å². The Bertz CT molecular complexity index is 873. The van der Waals surface area contributed by atoms with Crippen molar-refractivity contribution in [3.05, 3.63) is 23.8 Å². The molecular weight excluding hydrogens is 312 g/mol. The highest BCUT2D eigenvalue weighted by Crippen LogP contribution is 2.26. The van der Waals surface area contributed by atoms with Gasteiger partial charge in [0.15, 0.2) is 11.5 Å². The van der Waals surface area contributed by atoms with Crippen molar-refractivity contribution in [1.82, 2.24) is 29.7 Å². The third-order valence-corrected chi connectivity index (χ3v) is 4.13. The first-order chi connectivity index (χ1) is 11.7. The van der Waals surface area contributed by atoms with Crippen LogP contribution >= 0.6 is 0 Å². The molecule has 0 unspecified atom stereocenters. The van der Waals surface area contributed by atoms with Crippen LogP contribution in [0.4, 0.5) is 11.8 Å². The lowest BCUT2D eigenvalue weighted by atomic mass is 10.2. The van der Waals surface area contributed by atoms with Gasteiger partial charge in [-0.3, -0.25) is 4.68 Å². The van der Waals surface area contributed by atoms with E-state index in [-0.39, 0.29) is 12.6 Å². The van der Waals surface area contributed by atoms with Gasteiger partial charge in [0.2, 0.25) is 5.95 Å². The highest BCUT2D eigenvalue weighted by Gasteiger charge is 2.22. The van der Waals surface area contributed by atoms with Gasteiger partial charge < -0.3 is 25.8 Å². The molecule has 24 heavy (non-hydrogen) atoms. The van der Waals surface area contributed by atoms with Gasteiger partial charge in [-0.2, -0.15) is 15.1 Å². The van der Waals surface area contributed by atoms with E-state index in [0.717, 1.165) is 30.7 Å². The highest BCUT2D eigenvalue weighted by molar-refractivity contribution is 5.84. The molecule has 0 bridgehead atoms. The molecule has 0 aliphatic carbocycles. The molecule has 10 nitrogen and oxygen atoms in total. The SMILES string of the molecule is Nc1nc(N2CCCn3nc([C@@H](O)CO)cc3C2)c2[nH]cnc2n1. The van der Waals surface area contributed by atoms with E-state index in [1.54, 1.807) is 6.33 Å².